The van der Waals surface area contributed by atoms with Crippen LogP contribution in [0.3, 0.4) is 0 Å². The van der Waals surface area contributed by atoms with Gasteiger partial charge in [0.05, 0.1) is 22.8 Å². The number of anilines is 1. The molecule has 6 nitrogen and oxygen atoms in total. The standard InChI is InChI=1S/C24H29N3O3/c1-17-14-20(23(28)29)7-9-22(17)27-16-21(24(30)10-12-26-13-11-24)8-6-18-2-4-19(15-25)5-3-18/h2-5,7,9,14,21,26-27,30H,6,8,10-13,16H2,1H3,(H,28,29). The van der Waals surface area contributed by atoms with Crippen LogP contribution in [0.5, 0.6) is 0 Å². The molecule has 1 saturated heterocycles. The van der Waals surface area contributed by atoms with Gasteiger partial charge in [0.15, 0.2) is 0 Å². The van der Waals surface area contributed by atoms with Gasteiger partial charge in [-0.2, -0.15) is 5.26 Å². The van der Waals surface area contributed by atoms with E-state index in [9.17, 15) is 9.90 Å². The minimum atomic E-state index is -0.936. The minimum absolute atomic E-state index is 0.0498. The summed E-state index contributed by atoms with van der Waals surface area (Å²) in [5.74, 6) is -0.886. The molecule has 0 radical (unpaired) electrons. The fourth-order valence-corrected chi connectivity index (χ4v) is 4.14. The van der Waals surface area contributed by atoms with Crippen LogP contribution in [0, 0.1) is 24.2 Å². The van der Waals surface area contributed by atoms with E-state index in [0.717, 1.165) is 42.7 Å². The van der Waals surface area contributed by atoms with Crippen LogP contribution in [-0.4, -0.2) is 41.4 Å². The summed E-state index contributed by atoms with van der Waals surface area (Å²) < 4.78 is 0. The van der Waals surface area contributed by atoms with Crippen molar-refractivity contribution < 1.29 is 15.0 Å². The van der Waals surface area contributed by atoms with Crippen molar-refractivity contribution in [3.8, 4) is 6.07 Å². The fraction of sp³-hybridized carbons (Fsp3) is 0.417. The van der Waals surface area contributed by atoms with Crippen molar-refractivity contribution in [1.29, 1.82) is 5.26 Å². The summed E-state index contributed by atoms with van der Waals surface area (Å²) >= 11 is 0. The Morgan fingerprint density at radius 2 is 1.93 bits per heavy atom. The molecule has 1 aliphatic rings. The lowest BCUT2D eigenvalue weighted by atomic mass is 9.77. The summed E-state index contributed by atoms with van der Waals surface area (Å²) in [7, 11) is 0. The van der Waals surface area contributed by atoms with Crippen LogP contribution in [-0.2, 0) is 6.42 Å². The van der Waals surface area contributed by atoms with Crippen LogP contribution < -0.4 is 10.6 Å². The van der Waals surface area contributed by atoms with E-state index < -0.39 is 11.6 Å². The number of hydrogen-bond donors (Lipinski definition) is 4. The largest absolute Gasteiger partial charge is 0.478 e. The summed E-state index contributed by atoms with van der Waals surface area (Å²) in [4.78, 5) is 11.2. The number of aryl methyl sites for hydroxylation is 2. The fourth-order valence-electron chi connectivity index (χ4n) is 4.14. The predicted molar refractivity (Wildman–Crippen MR) is 117 cm³/mol. The molecule has 0 bridgehead atoms. The third-order valence-corrected chi connectivity index (χ3v) is 6.11. The number of rotatable bonds is 8. The zero-order chi connectivity index (χ0) is 21.6. The Kier molecular flexibility index (Phi) is 7.09. The quantitative estimate of drug-likeness (QED) is 0.535. The van der Waals surface area contributed by atoms with Crippen LogP contribution in [0.1, 0.15) is 46.3 Å². The average molecular weight is 408 g/mol. The molecule has 30 heavy (non-hydrogen) atoms. The first kappa shape index (κ1) is 21.8. The Labute approximate surface area is 177 Å². The van der Waals surface area contributed by atoms with E-state index in [0.29, 0.717) is 24.9 Å². The number of benzene rings is 2. The number of hydrogen-bond acceptors (Lipinski definition) is 5. The van der Waals surface area contributed by atoms with Gasteiger partial charge in [-0.3, -0.25) is 0 Å². The number of carboxylic acid groups (broad SMARTS) is 1. The lowest BCUT2D eigenvalue weighted by Crippen LogP contribution is -2.49. The second kappa shape index (κ2) is 9.75. The molecule has 2 aromatic carbocycles. The number of carbonyl (C=O) groups is 1. The smallest absolute Gasteiger partial charge is 0.335 e. The molecule has 1 fully saturated rings. The van der Waals surface area contributed by atoms with Gasteiger partial charge < -0.3 is 20.8 Å². The zero-order valence-electron chi connectivity index (χ0n) is 17.3. The first-order chi connectivity index (χ1) is 14.4. The maximum absolute atomic E-state index is 11.4. The van der Waals surface area contributed by atoms with Crippen LogP contribution in [0.4, 0.5) is 5.69 Å². The topological polar surface area (TPSA) is 105 Å². The van der Waals surface area contributed by atoms with Gasteiger partial charge in [0.2, 0.25) is 0 Å². The van der Waals surface area contributed by atoms with Crippen molar-refractivity contribution in [2.45, 2.75) is 38.2 Å². The maximum atomic E-state index is 11.4. The Hall–Kier alpha value is -2.88. The van der Waals surface area contributed by atoms with E-state index in [-0.39, 0.29) is 11.5 Å². The van der Waals surface area contributed by atoms with E-state index in [4.69, 9.17) is 10.4 Å². The van der Waals surface area contributed by atoms with Gasteiger partial charge in [-0.15, -0.1) is 0 Å². The molecular weight excluding hydrogens is 378 g/mol. The number of carboxylic acids is 1. The molecule has 0 aliphatic carbocycles. The van der Waals surface area contributed by atoms with Gasteiger partial charge in [0.1, 0.15) is 0 Å². The van der Waals surface area contributed by atoms with Gasteiger partial charge in [-0.1, -0.05) is 12.1 Å². The SMILES string of the molecule is Cc1cc(C(=O)O)ccc1NCC(CCc1ccc(C#N)cc1)C1(O)CCNCC1. The van der Waals surface area contributed by atoms with Gasteiger partial charge in [0, 0.05) is 18.2 Å². The van der Waals surface area contributed by atoms with E-state index in [2.05, 4.69) is 16.7 Å². The third kappa shape index (κ3) is 5.38. The maximum Gasteiger partial charge on any atom is 0.335 e. The van der Waals surface area contributed by atoms with Crippen LogP contribution in [0.25, 0.3) is 0 Å². The highest BCUT2D eigenvalue weighted by atomic mass is 16.4. The summed E-state index contributed by atoms with van der Waals surface area (Å²) in [6.45, 7) is 4.10. The normalized spacial score (nSPS) is 16.4. The Bertz CT molecular complexity index is 912. The molecule has 158 valence electrons. The molecule has 1 atom stereocenters. The summed E-state index contributed by atoms with van der Waals surface area (Å²) in [6, 6.07) is 14.8. The van der Waals surface area contributed by atoms with Gasteiger partial charge in [-0.25, -0.2) is 4.79 Å². The molecule has 4 N–H and O–H groups in total. The number of nitriles is 1. The van der Waals surface area contributed by atoms with Crippen molar-refractivity contribution >= 4 is 11.7 Å². The Balaban J connectivity index is 1.71. The minimum Gasteiger partial charge on any atom is -0.478 e. The van der Waals surface area contributed by atoms with Gasteiger partial charge in [0.25, 0.3) is 0 Å². The number of aliphatic hydroxyl groups is 1. The monoisotopic (exact) mass is 407 g/mol. The average Bonchev–Trinajstić information content (AvgIpc) is 2.75. The van der Waals surface area contributed by atoms with Crippen LogP contribution in [0.15, 0.2) is 42.5 Å². The molecule has 0 amide bonds. The zero-order valence-corrected chi connectivity index (χ0v) is 17.3. The molecule has 2 aromatic rings. The highest BCUT2D eigenvalue weighted by Gasteiger charge is 2.37. The summed E-state index contributed by atoms with van der Waals surface area (Å²) in [5.41, 5.74) is 3.10. The predicted octanol–water partition coefficient (Wildman–Crippen LogP) is 3.34. The molecular formula is C24H29N3O3. The summed E-state index contributed by atoms with van der Waals surface area (Å²) in [5, 5.41) is 36.2. The third-order valence-electron chi connectivity index (χ3n) is 6.11. The Morgan fingerprint density at radius 1 is 1.23 bits per heavy atom. The molecule has 1 heterocycles. The van der Waals surface area contributed by atoms with E-state index in [1.807, 2.05) is 31.2 Å². The Morgan fingerprint density at radius 3 is 2.53 bits per heavy atom. The van der Waals surface area contributed by atoms with E-state index in [1.165, 1.54) is 0 Å². The molecule has 1 aliphatic heterocycles. The first-order valence-electron chi connectivity index (χ1n) is 10.4. The van der Waals surface area contributed by atoms with Crippen molar-refractivity contribution in [3.63, 3.8) is 0 Å². The number of nitrogens with zero attached hydrogens (tertiary/aromatic N) is 1. The van der Waals surface area contributed by atoms with Crippen molar-refractivity contribution in [2.75, 3.05) is 25.0 Å². The van der Waals surface area contributed by atoms with Gasteiger partial charge in [-0.05, 0) is 87.2 Å². The van der Waals surface area contributed by atoms with E-state index >= 15 is 0 Å². The number of nitrogens with one attached hydrogen (secondary N) is 2. The lowest BCUT2D eigenvalue weighted by Gasteiger charge is -2.40. The first-order valence-corrected chi connectivity index (χ1v) is 10.4. The number of piperidine rings is 1. The molecule has 0 aromatic heterocycles. The van der Waals surface area contributed by atoms with Gasteiger partial charge >= 0.3 is 5.97 Å². The van der Waals surface area contributed by atoms with Crippen molar-refractivity contribution in [2.24, 2.45) is 5.92 Å². The van der Waals surface area contributed by atoms with Crippen LogP contribution >= 0.6 is 0 Å². The van der Waals surface area contributed by atoms with Crippen molar-refractivity contribution in [3.05, 3.63) is 64.7 Å². The molecule has 1 unspecified atom stereocenters. The van der Waals surface area contributed by atoms with Crippen molar-refractivity contribution in [1.82, 2.24) is 5.32 Å². The molecule has 6 heteroatoms. The lowest BCUT2D eigenvalue weighted by molar-refractivity contribution is -0.0418. The molecule has 0 spiro atoms. The van der Waals surface area contributed by atoms with Crippen LogP contribution in [0.2, 0.25) is 0 Å². The summed E-state index contributed by atoms with van der Waals surface area (Å²) in [6.07, 6.45) is 3.07. The molecule has 3 rings (SSSR count). The highest BCUT2D eigenvalue weighted by molar-refractivity contribution is 5.88. The second-order valence-corrected chi connectivity index (χ2v) is 8.11. The highest BCUT2D eigenvalue weighted by Crippen LogP contribution is 2.32. The molecule has 0 saturated carbocycles. The second-order valence-electron chi connectivity index (χ2n) is 8.11. The van der Waals surface area contributed by atoms with E-state index in [1.54, 1.807) is 18.2 Å². The number of aromatic carboxylic acids is 1.